The molecular formula is C19H17Cl2FN2O2. The van der Waals surface area contributed by atoms with E-state index >= 15 is 0 Å². The Morgan fingerprint density at radius 1 is 1.04 bits per heavy atom. The molecule has 2 N–H and O–H groups in total. The Morgan fingerprint density at radius 3 is 2.42 bits per heavy atom. The third-order valence-corrected chi connectivity index (χ3v) is 4.83. The molecule has 136 valence electrons. The number of nitrogens with one attached hydrogen (secondary N) is 2. The van der Waals surface area contributed by atoms with E-state index in [0.717, 1.165) is 5.56 Å². The minimum atomic E-state index is -0.354. The summed E-state index contributed by atoms with van der Waals surface area (Å²) in [5, 5.41) is 6.38. The fourth-order valence-corrected chi connectivity index (χ4v) is 3.16. The van der Waals surface area contributed by atoms with Gasteiger partial charge in [0.1, 0.15) is 5.82 Å². The van der Waals surface area contributed by atoms with E-state index in [1.165, 1.54) is 12.1 Å². The van der Waals surface area contributed by atoms with Crippen molar-refractivity contribution in [3.05, 3.63) is 63.9 Å². The number of halogens is 3. The van der Waals surface area contributed by atoms with Crippen LogP contribution in [0.1, 0.15) is 12.0 Å². The summed E-state index contributed by atoms with van der Waals surface area (Å²) < 4.78 is 12.8. The van der Waals surface area contributed by atoms with Crippen molar-refractivity contribution in [3.8, 4) is 0 Å². The molecule has 26 heavy (non-hydrogen) atoms. The van der Waals surface area contributed by atoms with Crippen molar-refractivity contribution in [2.24, 2.45) is 11.8 Å². The van der Waals surface area contributed by atoms with Crippen LogP contribution < -0.4 is 10.6 Å². The predicted molar refractivity (Wildman–Crippen MR) is 99.8 cm³/mol. The van der Waals surface area contributed by atoms with Crippen LogP contribution in [0, 0.1) is 17.7 Å². The first-order chi connectivity index (χ1) is 12.4. The number of anilines is 1. The largest absolute Gasteiger partial charge is 0.356 e. The van der Waals surface area contributed by atoms with E-state index in [4.69, 9.17) is 23.2 Å². The number of hydrogen-bond acceptors (Lipinski definition) is 2. The molecule has 1 aliphatic rings. The highest BCUT2D eigenvalue weighted by molar-refractivity contribution is 6.36. The third kappa shape index (κ3) is 4.74. The SMILES string of the molecule is O=C(NCCc1ccc(F)cc1)C1CC1C(=O)Nc1ccc(Cl)cc1Cl. The molecule has 0 bridgehead atoms. The Morgan fingerprint density at radius 2 is 1.73 bits per heavy atom. The molecule has 1 fully saturated rings. The molecule has 1 saturated carbocycles. The van der Waals surface area contributed by atoms with Gasteiger partial charge in [-0.2, -0.15) is 0 Å². The predicted octanol–water partition coefficient (Wildman–Crippen LogP) is 4.07. The summed E-state index contributed by atoms with van der Waals surface area (Å²) >= 11 is 11.9. The van der Waals surface area contributed by atoms with Gasteiger partial charge in [0.15, 0.2) is 0 Å². The fraction of sp³-hybridized carbons (Fsp3) is 0.263. The average molecular weight is 395 g/mol. The minimum absolute atomic E-state index is 0.144. The van der Waals surface area contributed by atoms with Crippen LogP contribution in [0.3, 0.4) is 0 Å². The van der Waals surface area contributed by atoms with Crippen LogP contribution >= 0.6 is 23.2 Å². The Bertz CT molecular complexity index is 827. The lowest BCUT2D eigenvalue weighted by Gasteiger charge is -2.08. The number of benzene rings is 2. The van der Waals surface area contributed by atoms with E-state index in [1.54, 1.807) is 30.3 Å². The van der Waals surface area contributed by atoms with Crippen LogP contribution in [0.15, 0.2) is 42.5 Å². The van der Waals surface area contributed by atoms with Gasteiger partial charge in [-0.3, -0.25) is 9.59 Å². The number of carbonyl (C=O) groups excluding carboxylic acids is 2. The van der Waals surface area contributed by atoms with Gasteiger partial charge in [-0.1, -0.05) is 35.3 Å². The van der Waals surface area contributed by atoms with Crippen LogP contribution in [-0.2, 0) is 16.0 Å². The summed E-state index contributed by atoms with van der Waals surface area (Å²) in [5.41, 5.74) is 1.41. The standard InChI is InChI=1S/C19H17Cl2FN2O2/c20-12-3-6-17(16(21)9-12)24-19(26)15-10-14(15)18(25)23-8-7-11-1-4-13(22)5-2-11/h1-6,9,14-15H,7-8,10H2,(H,23,25)(H,24,26). The van der Waals surface area contributed by atoms with E-state index < -0.39 is 0 Å². The zero-order chi connectivity index (χ0) is 18.7. The van der Waals surface area contributed by atoms with Gasteiger partial charge in [0.2, 0.25) is 11.8 Å². The van der Waals surface area contributed by atoms with E-state index in [-0.39, 0.29) is 29.5 Å². The normalized spacial score (nSPS) is 18.3. The van der Waals surface area contributed by atoms with Crippen molar-refractivity contribution in [3.63, 3.8) is 0 Å². The summed E-state index contributed by atoms with van der Waals surface area (Å²) in [5.74, 6) is -1.34. The first-order valence-electron chi connectivity index (χ1n) is 8.22. The molecule has 0 aliphatic heterocycles. The minimum Gasteiger partial charge on any atom is -0.356 e. The molecule has 0 heterocycles. The summed E-state index contributed by atoms with van der Waals surface area (Å²) in [6.07, 6.45) is 1.12. The van der Waals surface area contributed by atoms with Gasteiger partial charge < -0.3 is 10.6 Å². The van der Waals surface area contributed by atoms with Crippen molar-refractivity contribution < 1.29 is 14.0 Å². The second-order valence-electron chi connectivity index (χ2n) is 6.23. The quantitative estimate of drug-likeness (QED) is 0.775. The molecule has 7 heteroatoms. The Balaban J connectivity index is 1.44. The van der Waals surface area contributed by atoms with Gasteiger partial charge in [-0.15, -0.1) is 0 Å². The van der Waals surface area contributed by atoms with Crippen molar-refractivity contribution >= 4 is 40.7 Å². The summed E-state index contributed by atoms with van der Waals surface area (Å²) in [6, 6.07) is 11.0. The molecule has 1 aliphatic carbocycles. The van der Waals surface area contributed by atoms with Gasteiger partial charge in [0.25, 0.3) is 0 Å². The molecule has 2 unspecified atom stereocenters. The highest BCUT2D eigenvalue weighted by Crippen LogP contribution is 2.40. The van der Waals surface area contributed by atoms with E-state index in [1.807, 2.05) is 0 Å². The maximum Gasteiger partial charge on any atom is 0.228 e. The van der Waals surface area contributed by atoms with Crippen LogP contribution in [0.5, 0.6) is 0 Å². The molecule has 3 rings (SSSR count). The van der Waals surface area contributed by atoms with Gasteiger partial charge in [-0.25, -0.2) is 4.39 Å². The summed E-state index contributed by atoms with van der Waals surface area (Å²) in [7, 11) is 0. The van der Waals surface area contributed by atoms with E-state index in [2.05, 4.69) is 10.6 Å². The first kappa shape index (κ1) is 18.7. The van der Waals surface area contributed by atoms with Crippen LogP contribution in [0.2, 0.25) is 10.0 Å². The van der Waals surface area contributed by atoms with Gasteiger partial charge >= 0.3 is 0 Å². The molecule has 4 nitrogen and oxygen atoms in total. The smallest absolute Gasteiger partial charge is 0.228 e. The van der Waals surface area contributed by atoms with Crippen molar-refractivity contribution in [1.29, 1.82) is 0 Å². The molecule has 0 spiro atoms. The zero-order valence-corrected chi connectivity index (χ0v) is 15.3. The molecule has 2 amide bonds. The second kappa shape index (κ2) is 8.06. The summed E-state index contributed by atoms with van der Waals surface area (Å²) in [6.45, 7) is 0.443. The van der Waals surface area contributed by atoms with Crippen LogP contribution in [0.4, 0.5) is 10.1 Å². The first-order valence-corrected chi connectivity index (χ1v) is 8.97. The van der Waals surface area contributed by atoms with Gasteiger partial charge in [0.05, 0.1) is 22.5 Å². The second-order valence-corrected chi connectivity index (χ2v) is 7.07. The summed E-state index contributed by atoms with van der Waals surface area (Å²) in [4.78, 5) is 24.4. The highest BCUT2D eigenvalue weighted by atomic mass is 35.5. The van der Waals surface area contributed by atoms with Crippen LogP contribution in [-0.4, -0.2) is 18.4 Å². The van der Waals surface area contributed by atoms with Crippen molar-refractivity contribution in [2.45, 2.75) is 12.8 Å². The molecule has 0 saturated heterocycles. The van der Waals surface area contributed by atoms with Crippen molar-refractivity contribution in [2.75, 3.05) is 11.9 Å². The average Bonchev–Trinajstić information content (AvgIpc) is 3.40. The lowest BCUT2D eigenvalue weighted by atomic mass is 10.1. The maximum absolute atomic E-state index is 12.8. The Hall–Kier alpha value is -2.11. The topological polar surface area (TPSA) is 58.2 Å². The lowest BCUT2D eigenvalue weighted by molar-refractivity contribution is -0.125. The molecule has 2 aromatic rings. The third-order valence-electron chi connectivity index (χ3n) is 4.28. The van der Waals surface area contributed by atoms with E-state index in [0.29, 0.717) is 35.1 Å². The fourth-order valence-electron chi connectivity index (χ4n) is 2.70. The maximum atomic E-state index is 12.8. The lowest BCUT2D eigenvalue weighted by Crippen LogP contribution is -2.29. The van der Waals surface area contributed by atoms with Gasteiger partial charge in [0, 0.05) is 11.6 Å². The number of carbonyl (C=O) groups is 2. The Kier molecular flexibility index (Phi) is 5.79. The Labute approximate surface area is 160 Å². The number of hydrogen-bond donors (Lipinski definition) is 2. The highest BCUT2D eigenvalue weighted by Gasteiger charge is 2.47. The monoisotopic (exact) mass is 394 g/mol. The molecule has 2 atom stereocenters. The molecular weight excluding hydrogens is 378 g/mol. The number of rotatable bonds is 6. The molecule has 0 radical (unpaired) electrons. The zero-order valence-electron chi connectivity index (χ0n) is 13.8. The van der Waals surface area contributed by atoms with Crippen molar-refractivity contribution in [1.82, 2.24) is 5.32 Å². The van der Waals surface area contributed by atoms with E-state index in [9.17, 15) is 14.0 Å². The molecule has 0 aromatic heterocycles. The van der Waals surface area contributed by atoms with Crippen LogP contribution in [0.25, 0.3) is 0 Å². The molecule has 2 aromatic carbocycles. The van der Waals surface area contributed by atoms with Gasteiger partial charge in [-0.05, 0) is 48.7 Å². The number of amides is 2.